The van der Waals surface area contributed by atoms with Crippen molar-refractivity contribution >= 4 is 12.1 Å². The molecule has 0 aromatic rings. The monoisotopic (exact) mass is 243 g/mol. The number of ether oxygens (including phenoxy) is 2. The molecule has 1 heterocycles. The predicted molar refractivity (Wildman–Crippen MR) is 59.6 cm³/mol. The molecule has 1 rings (SSSR count). The van der Waals surface area contributed by atoms with Gasteiger partial charge in [0.15, 0.2) is 0 Å². The zero-order valence-electron chi connectivity index (χ0n) is 9.55. The molecule has 0 saturated carbocycles. The molecular formula is C11H17NO5. The van der Waals surface area contributed by atoms with E-state index in [9.17, 15) is 9.59 Å². The Kier molecular flexibility index (Phi) is 5.48. The summed E-state index contributed by atoms with van der Waals surface area (Å²) in [5.41, 5.74) is 0. The van der Waals surface area contributed by atoms with Gasteiger partial charge in [-0.25, -0.2) is 4.79 Å². The number of carboxylic acid groups (broad SMARTS) is 1. The number of carbonyl (C=O) groups is 2. The van der Waals surface area contributed by atoms with E-state index in [1.807, 2.05) is 0 Å². The van der Waals surface area contributed by atoms with Gasteiger partial charge in [0.05, 0.1) is 12.5 Å². The zero-order chi connectivity index (χ0) is 12.7. The Balaban J connectivity index is 2.36. The highest BCUT2D eigenvalue weighted by molar-refractivity contribution is 5.72. The Labute approximate surface area is 99.6 Å². The first-order valence-corrected chi connectivity index (χ1v) is 5.47. The van der Waals surface area contributed by atoms with Gasteiger partial charge in [-0.3, -0.25) is 4.79 Å². The Morgan fingerprint density at radius 1 is 1.65 bits per heavy atom. The summed E-state index contributed by atoms with van der Waals surface area (Å²) < 4.78 is 9.83. The summed E-state index contributed by atoms with van der Waals surface area (Å²) in [6.07, 6.45) is 1.52. The molecule has 2 atom stereocenters. The molecule has 0 aromatic heterocycles. The van der Waals surface area contributed by atoms with Crippen LogP contribution in [0.3, 0.4) is 0 Å². The molecule has 2 unspecified atom stereocenters. The summed E-state index contributed by atoms with van der Waals surface area (Å²) in [4.78, 5) is 22.2. The lowest BCUT2D eigenvalue weighted by Gasteiger charge is -2.18. The Bertz CT molecular complexity index is 286. The second-order valence-corrected chi connectivity index (χ2v) is 3.84. The van der Waals surface area contributed by atoms with Crippen LogP contribution in [0.5, 0.6) is 0 Å². The predicted octanol–water partition coefficient (Wildman–Crippen LogP) is 0.636. The summed E-state index contributed by atoms with van der Waals surface area (Å²) in [7, 11) is 0. The van der Waals surface area contributed by atoms with Gasteiger partial charge in [0, 0.05) is 13.2 Å². The standard InChI is InChI=1S/C11H17NO5/c1-2-4-17-11(15)12-6-9(10(13)14)8-3-5-16-7-8/h2,8-9H,1,3-7H2,(H,12,15)(H,13,14). The molecular weight excluding hydrogens is 226 g/mol. The Morgan fingerprint density at radius 2 is 2.41 bits per heavy atom. The lowest BCUT2D eigenvalue weighted by atomic mass is 9.92. The smallest absolute Gasteiger partial charge is 0.407 e. The summed E-state index contributed by atoms with van der Waals surface area (Å²) in [6, 6.07) is 0. The third-order valence-corrected chi connectivity index (χ3v) is 2.65. The van der Waals surface area contributed by atoms with Crippen molar-refractivity contribution < 1.29 is 24.2 Å². The lowest BCUT2D eigenvalue weighted by molar-refractivity contribution is -0.143. The van der Waals surface area contributed by atoms with E-state index in [2.05, 4.69) is 11.9 Å². The average molecular weight is 243 g/mol. The molecule has 17 heavy (non-hydrogen) atoms. The fourth-order valence-electron chi connectivity index (χ4n) is 1.70. The van der Waals surface area contributed by atoms with Crippen LogP contribution in [0.4, 0.5) is 4.79 Å². The van der Waals surface area contributed by atoms with Crippen molar-refractivity contribution in [2.75, 3.05) is 26.4 Å². The maximum Gasteiger partial charge on any atom is 0.407 e. The number of alkyl carbamates (subject to hydrolysis) is 1. The van der Waals surface area contributed by atoms with Crippen molar-refractivity contribution in [2.24, 2.45) is 11.8 Å². The van der Waals surface area contributed by atoms with E-state index in [0.717, 1.165) is 0 Å². The van der Waals surface area contributed by atoms with Crippen LogP contribution in [0.25, 0.3) is 0 Å². The normalized spacial score (nSPS) is 20.6. The fourth-order valence-corrected chi connectivity index (χ4v) is 1.70. The van der Waals surface area contributed by atoms with Crippen LogP contribution in [-0.4, -0.2) is 43.5 Å². The van der Waals surface area contributed by atoms with Gasteiger partial charge in [-0.05, 0) is 12.3 Å². The molecule has 0 aromatic carbocycles. The topological polar surface area (TPSA) is 84.9 Å². The van der Waals surface area contributed by atoms with Gasteiger partial charge in [0.2, 0.25) is 0 Å². The molecule has 6 heteroatoms. The van der Waals surface area contributed by atoms with E-state index in [0.29, 0.717) is 19.6 Å². The highest BCUT2D eigenvalue weighted by atomic mass is 16.5. The van der Waals surface area contributed by atoms with E-state index in [-0.39, 0.29) is 19.1 Å². The number of hydrogen-bond acceptors (Lipinski definition) is 4. The van der Waals surface area contributed by atoms with Crippen molar-refractivity contribution in [1.82, 2.24) is 5.32 Å². The van der Waals surface area contributed by atoms with Gasteiger partial charge in [-0.1, -0.05) is 12.7 Å². The molecule has 0 aliphatic carbocycles. The van der Waals surface area contributed by atoms with E-state index < -0.39 is 18.0 Å². The van der Waals surface area contributed by atoms with Crippen LogP contribution >= 0.6 is 0 Å². The van der Waals surface area contributed by atoms with E-state index >= 15 is 0 Å². The number of hydrogen-bond donors (Lipinski definition) is 2. The SMILES string of the molecule is C=CCOC(=O)NCC(C(=O)O)C1CCOC1. The maximum absolute atomic E-state index is 11.1. The third kappa shape index (κ3) is 4.44. The quantitative estimate of drug-likeness (QED) is 0.668. The average Bonchev–Trinajstić information content (AvgIpc) is 2.79. The van der Waals surface area contributed by atoms with Gasteiger partial charge in [0.25, 0.3) is 0 Å². The molecule has 0 bridgehead atoms. The molecule has 1 fully saturated rings. The molecule has 2 N–H and O–H groups in total. The molecule has 1 amide bonds. The van der Waals surface area contributed by atoms with Crippen LogP contribution in [0.15, 0.2) is 12.7 Å². The zero-order valence-corrected chi connectivity index (χ0v) is 9.55. The number of aliphatic carboxylic acids is 1. The van der Waals surface area contributed by atoms with Crippen LogP contribution in [-0.2, 0) is 14.3 Å². The lowest BCUT2D eigenvalue weighted by Crippen LogP contribution is -2.37. The van der Waals surface area contributed by atoms with Gasteiger partial charge in [-0.2, -0.15) is 0 Å². The largest absolute Gasteiger partial charge is 0.481 e. The second kappa shape index (κ2) is 6.90. The van der Waals surface area contributed by atoms with Crippen molar-refractivity contribution in [2.45, 2.75) is 6.42 Å². The molecule has 0 spiro atoms. The first kappa shape index (κ1) is 13.5. The minimum atomic E-state index is -0.926. The third-order valence-electron chi connectivity index (χ3n) is 2.65. The summed E-state index contributed by atoms with van der Waals surface area (Å²) >= 11 is 0. The number of carbonyl (C=O) groups excluding carboxylic acids is 1. The Hall–Kier alpha value is -1.56. The molecule has 6 nitrogen and oxygen atoms in total. The first-order valence-electron chi connectivity index (χ1n) is 5.47. The molecule has 0 radical (unpaired) electrons. The number of amides is 1. The van der Waals surface area contributed by atoms with E-state index in [4.69, 9.17) is 14.6 Å². The number of rotatable bonds is 6. The van der Waals surface area contributed by atoms with Crippen LogP contribution in [0.1, 0.15) is 6.42 Å². The molecule has 1 aliphatic heterocycles. The summed E-state index contributed by atoms with van der Waals surface area (Å²) in [5, 5.41) is 11.5. The van der Waals surface area contributed by atoms with Crippen LogP contribution < -0.4 is 5.32 Å². The minimum Gasteiger partial charge on any atom is -0.481 e. The van der Waals surface area contributed by atoms with Crippen molar-refractivity contribution in [3.05, 3.63) is 12.7 Å². The summed E-state index contributed by atoms with van der Waals surface area (Å²) in [5.74, 6) is -1.61. The fraction of sp³-hybridized carbons (Fsp3) is 0.636. The van der Waals surface area contributed by atoms with Crippen LogP contribution in [0, 0.1) is 11.8 Å². The van der Waals surface area contributed by atoms with Gasteiger partial charge < -0.3 is 19.9 Å². The highest BCUT2D eigenvalue weighted by Gasteiger charge is 2.31. The number of nitrogens with one attached hydrogen (secondary N) is 1. The first-order chi connectivity index (χ1) is 8.15. The second-order valence-electron chi connectivity index (χ2n) is 3.84. The van der Waals surface area contributed by atoms with E-state index in [1.54, 1.807) is 0 Å². The maximum atomic E-state index is 11.1. The van der Waals surface area contributed by atoms with Crippen molar-refractivity contribution in [1.29, 1.82) is 0 Å². The molecule has 1 aliphatic rings. The Morgan fingerprint density at radius 3 is 2.94 bits per heavy atom. The molecule has 1 saturated heterocycles. The van der Waals surface area contributed by atoms with E-state index in [1.165, 1.54) is 6.08 Å². The number of carboxylic acids is 1. The van der Waals surface area contributed by atoms with Gasteiger partial charge >= 0.3 is 12.1 Å². The minimum absolute atomic E-state index is 0.0489. The van der Waals surface area contributed by atoms with Gasteiger partial charge in [0.1, 0.15) is 6.61 Å². The van der Waals surface area contributed by atoms with Crippen LogP contribution in [0.2, 0.25) is 0 Å². The summed E-state index contributed by atoms with van der Waals surface area (Å²) in [6.45, 7) is 4.58. The van der Waals surface area contributed by atoms with Gasteiger partial charge in [-0.15, -0.1) is 0 Å². The van der Waals surface area contributed by atoms with Crippen molar-refractivity contribution in [3.8, 4) is 0 Å². The highest BCUT2D eigenvalue weighted by Crippen LogP contribution is 2.21. The van der Waals surface area contributed by atoms with Crippen molar-refractivity contribution in [3.63, 3.8) is 0 Å². The molecule has 96 valence electrons.